The molecule has 1 aromatic carbocycles. The lowest BCUT2D eigenvalue weighted by molar-refractivity contribution is 0.473. The fraction of sp³-hybridized carbons (Fsp3) is 0.0909. The van der Waals surface area contributed by atoms with Gasteiger partial charge in [0, 0.05) is 6.07 Å². The van der Waals surface area contributed by atoms with E-state index in [0.29, 0.717) is 11.3 Å². The Hall–Kier alpha value is -1.39. The van der Waals surface area contributed by atoms with Crippen molar-refractivity contribution in [2.45, 2.75) is 6.92 Å². The maximum Gasteiger partial charge on any atom is 0.194 e. The fourth-order valence-corrected chi connectivity index (χ4v) is 1.52. The Bertz CT molecular complexity index is 563. The van der Waals surface area contributed by atoms with Gasteiger partial charge < -0.3 is 4.74 Å². The number of aromatic nitrogens is 2. The third-order valence-corrected chi connectivity index (χ3v) is 2.49. The Kier molecular flexibility index (Phi) is 3.45. The van der Waals surface area contributed by atoms with Crippen molar-refractivity contribution in [2.24, 2.45) is 0 Å². The van der Waals surface area contributed by atoms with E-state index in [2.05, 4.69) is 10.2 Å². The fourth-order valence-electron chi connectivity index (χ4n) is 1.25. The first-order chi connectivity index (χ1) is 8.06. The first-order valence-corrected chi connectivity index (χ1v) is 5.44. The number of benzene rings is 1. The molecule has 0 amide bonds. The molecule has 0 aliphatic heterocycles. The lowest BCUT2D eigenvalue weighted by atomic mass is 10.2. The van der Waals surface area contributed by atoms with Gasteiger partial charge in [0.15, 0.2) is 16.1 Å². The van der Waals surface area contributed by atoms with Crippen molar-refractivity contribution in [3.05, 3.63) is 46.0 Å². The third kappa shape index (κ3) is 2.84. The van der Waals surface area contributed by atoms with Crippen LogP contribution in [0.4, 0.5) is 4.39 Å². The van der Waals surface area contributed by atoms with Crippen LogP contribution >= 0.6 is 23.2 Å². The molecule has 0 saturated carbocycles. The van der Waals surface area contributed by atoms with Gasteiger partial charge in [-0.3, -0.25) is 0 Å². The summed E-state index contributed by atoms with van der Waals surface area (Å²) in [6, 6.07) is 5.61. The van der Waals surface area contributed by atoms with Crippen molar-refractivity contribution >= 4 is 23.2 Å². The smallest absolute Gasteiger partial charge is 0.194 e. The topological polar surface area (TPSA) is 35.0 Å². The molecular formula is C11H7Cl2FN2O. The molecule has 88 valence electrons. The molecule has 0 saturated heterocycles. The maximum atomic E-state index is 12.9. The molecule has 0 aliphatic rings. The number of nitrogens with zero attached hydrogens (tertiary/aromatic N) is 2. The molecule has 17 heavy (non-hydrogen) atoms. The predicted molar refractivity (Wildman–Crippen MR) is 63.3 cm³/mol. The number of halogens is 3. The van der Waals surface area contributed by atoms with E-state index in [1.165, 1.54) is 24.3 Å². The number of hydrogen-bond acceptors (Lipinski definition) is 3. The Morgan fingerprint density at radius 1 is 1.12 bits per heavy atom. The van der Waals surface area contributed by atoms with Crippen LogP contribution in [0.5, 0.6) is 11.5 Å². The van der Waals surface area contributed by atoms with Crippen LogP contribution in [0.3, 0.4) is 0 Å². The third-order valence-electron chi connectivity index (χ3n) is 2.04. The Labute approximate surface area is 107 Å². The second-order valence-corrected chi connectivity index (χ2v) is 4.08. The van der Waals surface area contributed by atoms with Crippen molar-refractivity contribution in [3.8, 4) is 11.5 Å². The van der Waals surface area contributed by atoms with E-state index in [-0.39, 0.29) is 21.9 Å². The van der Waals surface area contributed by atoms with E-state index < -0.39 is 0 Å². The van der Waals surface area contributed by atoms with Crippen LogP contribution in [0, 0.1) is 12.7 Å². The van der Waals surface area contributed by atoms with Crippen LogP contribution < -0.4 is 4.74 Å². The number of hydrogen-bond donors (Lipinski definition) is 0. The van der Waals surface area contributed by atoms with Gasteiger partial charge in [-0.15, -0.1) is 10.2 Å². The first-order valence-electron chi connectivity index (χ1n) is 4.69. The highest BCUT2D eigenvalue weighted by Crippen LogP contribution is 2.30. The largest absolute Gasteiger partial charge is 0.454 e. The van der Waals surface area contributed by atoms with Gasteiger partial charge >= 0.3 is 0 Å². The summed E-state index contributed by atoms with van der Waals surface area (Å²) in [7, 11) is 0. The molecule has 0 bridgehead atoms. The molecule has 0 aliphatic carbocycles. The zero-order valence-electron chi connectivity index (χ0n) is 8.75. The second-order valence-electron chi connectivity index (χ2n) is 3.33. The molecule has 1 aromatic heterocycles. The molecule has 0 radical (unpaired) electrons. The standard InChI is InChI=1S/C11H7Cl2FN2O/c1-6-4-7(14)2-3-8(6)17-9-5-10(12)15-16-11(9)13/h2-5H,1H3. The number of aryl methyl sites for hydroxylation is 1. The van der Waals surface area contributed by atoms with Gasteiger partial charge in [0.05, 0.1) is 0 Å². The molecule has 2 aromatic rings. The normalized spacial score (nSPS) is 10.4. The SMILES string of the molecule is Cc1cc(F)ccc1Oc1cc(Cl)nnc1Cl. The highest BCUT2D eigenvalue weighted by molar-refractivity contribution is 6.32. The minimum Gasteiger partial charge on any atom is -0.454 e. The van der Waals surface area contributed by atoms with Crippen molar-refractivity contribution in [1.29, 1.82) is 0 Å². The summed E-state index contributed by atoms with van der Waals surface area (Å²) in [4.78, 5) is 0. The minimum absolute atomic E-state index is 0.0955. The minimum atomic E-state index is -0.327. The van der Waals surface area contributed by atoms with Gasteiger partial charge in [0.2, 0.25) is 0 Å². The molecule has 0 atom stereocenters. The van der Waals surface area contributed by atoms with E-state index in [4.69, 9.17) is 27.9 Å². The molecular weight excluding hydrogens is 266 g/mol. The van der Waals surface area contributed by atoms with Crippen molar-refractivity contribution in [3.63, 3.8) is 0 Å². The van der Waals surface area contributed by atoms with Crippen LogP contribution in [0.15, 0.2) is 24.3 Å². The lowest BCUT2D eigenvalue weighted by Gasteiger charge is -2.09. The van der Waals surface area contributed by atoms with Crippen LogP contribution in [0.2, 0.25) is 10.3 Å². The van der Waals surface area contributed by atoms with Gasteiger partial charge in [-0.2, -0.15) is 0 Å². The van der Waals surface area contributed by atoms with Crippen LogP contribution in [0.1, 0.15) is 5.56 Å². The quantitative estimate of drug-likeness (QED) is 0.828. The van der Waals surface area contributed by atoms with E-state index in [1.54, 1.807) is 6.92 Å². The van der Waals surface area contributed by atoms with Gasteiger partial charge in [-0.05, 0) is 30.7 Å². The highest BCUT2D eigenvalue weighted by atomic mass is 35.5. The van der Waals surface area contributed by atoms with Gasteiger partial charge in [0.1, 0.15) is 11.6 Å². The Morgan fingerprint density at radius 3 is 2.59 bits per heavy atom. The molecule has 6 heteroatoms. The number of ether oxygens (including phenoxy) is 1. The highest BCUT2D eigenvalue weighted by Gasteiger charge is 2.09. The summed E-state index contributed by atoms with van der Waals surface area (Å²) >= 11 is 11.5. The van der Waals surface area contributed by atoms with Crippen molar-refractivity contribution in [1.82, 2.24) is 10.2 Å². The molecule has 1 heterocycles. The number of rotatable bonds is 2. The van der Waals surface area contributed by atoms with E-state index >= 15 is 0 Å². The summed E-state index contributed by atoms with van der Waals surface area (Å²) in [6.07, 6.45) is 0. The maximum absolute atomic E-state index is 12.9. The van der Waals surface area contributed by atoms with E-state index in [1.807, 2.05) is 0 Å². The average molecular weight is 273 g/mol. The molecule has 0 unspecified atom stereocenters. The first kappa shape index (κ1) is 12.1. The average Bonchev–Trinajstić information content (AvgIpc) is 2.27. The lowest BCUT2D eigenvalue weighted by Crippen LogP contribution is -1.92. The van der Waals surface area contributed by atoms with Crippen molar-refractivity contribution < 1.29 is 9.13 Å². The molecule has 0 N–H and O–H groups in total. The van der Waals surface area contributed by atoms with Crippen LogP contribution in [-0.2, 0) is 0 Å². The van der Waals surface area contributed by atoms with Gasteiger partial charge in [-0.1, -0.05) is 23.2 Å². The van der Waals surface area contributed by atoms with E-state index in [0.717, 1.165) is 0 Å². The Balaban J connectivity index is 2.34. The zero-order chi connectivity index (χ0) is 12.4. The monoisotopic (exact) mass is 272 g/mol. The second kappa shape index (κ2) is 4.85. The predicted octanol–water partition coefficient (Wildman–Crippen LogP) is 4.02. The van der Waals surface area contributed by atoms with E-state index in [9.17, 15) is 4.39 Å². The summed E-state index contributed by atoms with van der Waals surface area (Å²) in [5.41, 5.74) is 0.647. The van der Waals surface area contributed by atoms with Gasteiger partial charge in [-0.25, -0.2) is 4.39 Å². The zero-order valence-corrected chi connectivity index (χ0v) is 10.3. The van der Waals surface area contributed by atoms with Crippen LogP contribution in [0.25, 0.3) is 0 Å². The molecule has 0 spiro atoms. The molecule has 0 fully saturated rings. The summed E-state index contributed by atoms with van der Waals surface area (Å²) < 4.78 is 18.4. The molecule has 2 rings (SSSR count). The summed E-state index contributed by atoms with van der Waals surface area (Å²) in [5, 5.41) is 7.43. The summed E-state index contributed by atoms with van der Waals surface area (Å²) in [6.45, 7) is 1.72. The van der Waals surface area contributed by atoms with Crippen LogP contribution in [-0.4, -0.2) is 10.2 Å². The van der Waals surface area contributed by atoms with Gasteiger partial charge in [0.25, 0.3) is 0 Å². The Morgan fingerprint density at radius 2 is 1.88 bits per heavy atom. The van der Waals surface area contributed by atoms with Crippen molar-refractivity contribution in [2.75, 3.05) is 0 Å². The molecule has 3 nitrogen and oxygen atoms in total. The summed E-state index contributed by atoms with van der Waals surface area (Å²) in [5.74, 6) is 0.436.